The molecule has 0 spiro atoms. The van der Waals surface area contributed by atoms with Crippen molar-refractivity contribution in [2.24, 2.45) is 4.74 Å². The molecule has 5 rings (SSSR count). The van der Waals surface area contributed by atoms with Crippen molar-refractivity contribution in [2.75, 3.05) is 0 Å². The predicted octanol–water partition coefficient (Wildman–Crippen LogP) is 7.20. The molecular formula is C29H24BrFN3P. The Labute approximate surface area is 213 Å². The molecule has 3 nitrogen and oxygen atoms in total. The molecule has 0 fully saturated rings. The smallest absolute Gasteiger partial charge is 0.123 e. The zero-order valence-electron chi connectivity index (χ0n) is 19.4. The minimum atomic E-state index is -2.59. The fraction of sp³-hybridized carbons (Fsp3) is 0.0690. The molecule has 1 aromatic heterocycles. The number of nitrogens with zero attached hydrogens (tertiary/aromatic N) is 3. The Balaban J connectivity index is 1.92. The summed E-state index contributed by atoms with van der Waals surface area (Å²) in [4.78, 5) is 0. The lowest BCUT2D eigenvalue weighted by molar-refractivity contribution is 0.628. The Kier molecular flexibility index (Phi) is 6.55. The number of aromatic nitrogens is 2. The summed E-state index contributed by atoms with van der Waals surface area (Å²) in [5, 5.41) is 8.32. The average Bonchev–Trinajstić information content (AvgIpc) is 3.19. The zero-order chi connectivity index (χ0) is 24.4. The second kappa shape index (κ2) is 9.77. The van der Waals surface area contributed by atoms with Crippen molar-refractivity contribution in [3.8, 4) is 5.69 Å². The van der Waals surface area contributed by atoms with E-state index < -0.39 is 7.05 Å². The van der Waals surface area contributed by atoms with Gasteiger partial charge in [0.1, 0.15) is 5.82 Å². The number of hydrogen-bond acceptors (Lipinski definition) is 2. The van der Waals surface area contributed by atoms with E-state index >= 15 is 0 Å². The van der Waals surface area contributed by atoms with Crippen molar-refractivity contribution in [2.45, 2.75) is 13.8 Å². The Morgan fingerprint density at radius 3 is 1.94 bits per heavy atom. The minimum Gasteiger partial charge on any atom is -0.254 e. The van der Waals surface area contributed by atoms with E-state index in [1.807, 2.05) is 28.9 Å². The third-order valence-electron chi connectivity index (χ3n) is 6.00. The van der Waals surface area contributed by atoms with Crippen LogP contribution < -0.4 is 15.9 Å². The molecule has 35 heavy (non-hydrogen) atoms. The standard InChI is InChI=1S/C29H24BrFN3P/c1-21-29(22(2)34(32-21)26-9-5-3-6-10-26)35(27-11-7-4-8-12-27,28-19-13-23(30)14-20-28)33-25-17-15-24(31)16-18-25/h3-20H,1-2H3/t35-/m0/s1. The summed E-state index contributed by atoms with van der Waals surface area (Å²) in [7, 11) is -2.59. The van der Waals surface area contributed by atoms with Crippen LogP contribution in [0.15, 0.2) is 118 Å². The van der Waals surface area contributed by atoms with E-state index in [0.29, 0.717) is 0 Å². The maximum absolute atomic E-state index is 13.8. The number of para-hydroxylation sites is 1. The van der Waals surface area contributed by atoms with Crippen LogP contribution in [0, 0.1) is 19.7 Å². The summed E-state index contributed by atoms with van der Waals surface area (Å²) in [6.07, 6.45) is 0. The highest BCUT2D eigenvalue weighted by molar-refractivity contribution is 9.10. The summed E-state index contributed by atoms with van der Waals surface area (Å²) >= 11 is 3.59. The number of aryl methyl sites for hydroxylation is 1. The van der Waals surface area contributed by atoms with Gasteiger partial charge in [0.05, 0.1) is 29.8 Å². The van der Waals surface area contributed by atoms with E-state index in [0.717, 1.165) is 43.1 Å². The van der Waals surface area contributed by atoms with E-state index in [9.17, 15) is 4.39 Å². The molecule has 4 aromatic carbocycles. The van der Waals surface area contributed by atoms with Crippen molar-refractivity contribution in [1.29, 1.82) is 0 Å². The molecule has 6 heteroatoms. The zero-order valence-corrected chi connectivity index (χ0v) is 21.9. The van der Waals surface area contributed by atoms with Gasteiger partial charge in [0.2, 0.25) is 0 Å². The van der Waals surface area contributed by atoms with Gasteiger partial charge >= 0.3 is 0 Å². The molecule has 0 saturated heterocycles. The third-order valence-corrected chi connectivity index (χ3v) is 10.4. The topological polar surface area (TPSA) is 30.2 Å². The van der Waals surface area contributed by atoms with E-state index in [4.69, 9.17) is 9.84 Å². The van der Waals surface area contributed by atoms with Crippen LogP contribution in [-0.4, -0.2) is 9.78 Å². The van der Waals surface area contributed by atoms with E-state index in [2.05, 4.69) is 90.4 Å². The maximum atomic E-state index is 13.8. The maximum Gasteiger partial charge on any atom is 0.123 e. The summed E-state index contributed by atoms with van der Waals surface area (Å²) in [6, 6.07) is 35.4. The van der Waals surface area contributed by atoms with Gasteiger partial charge in [-0.15, -0.1) is 0 Å². The first kappa shape index (κ1) is 23.5. The molecule has 174 valence electrons. The molecule has 0 aliphatic heterocycles. The van der Waals surface area contributed by atoms with Gasteiger partial charge in [-0.1, -0.05) is 76.6 Å². The Morgan fingerprint density at radius 2 is 1.31 bits per heavy atom. The molecule has 0 unspecified atom stereocenters. The van der Waals surface area contributed by atoms with Crippen LogP contribution in [0.1, 0.15) is 11.4 Å². The summed E-state index contributed by atoms with van der Waals surface area (Å²) in [5.41, 5.74) is 3.71. The molecular weight excluding hydrogens is 520 g/mol. The van der Waals surface area contributed by atoms with Crippen LogP contribution in [-0.2, 0) is 0 Å². The second-order valence-corrected chi connectivity index (χ2v) is 12.2. The van der Waals surface area contributed by atoms with Gasteiger partial charge in [0.25, 0.3) is 0 Å². The van der Waals surface area contributed by atoms with Gasteiger partial charge in [0, 0.05) is 20.4 Å². The molecule has 0 radical (unpaired) electrons. The van der Waals surface area contributed by atoms with Crippen molar-refractivity contribution < 1.29 is 4.39 Å². The quantitative estimate of drug-likeness (QED) is 0.215. The molecule has 1 atom stereocenters. The first-order valence-corrected chi connectivity index (χ1v) is 13.8. The van der Waals surface area contributed by atoms with Crippen molar-refractivity contribution in [3.05, 3.63) is 131 Å². The predicted molar refractivity (Wildman–Crippen MR) is 148 cm³/mol. The fourth-order valence-electron chi connectivity index (χ4n) is 4.48. The summed E-state index contributed by atoms with van der Waals surface area (Å²) < 4.78 is 22.3. The van der Waals surface area contributed by atoms with Gasteiger partial charge in [-0.2, -0.15) is 5.10 Å². The first-order chi connectivity index (χ1) is 17.0. The van der Waals surface area contributed by atoms with E-state index in [1.54, 1.807) is 12.1 Å². The van der Waals surface area contributed by atoms with Crippen LogP contribution in [0.3, 0.4) is 0 Å². The highest BCUT2D eigenvalue weighted by atomic mass is 79.9. The number of halogens is 2. The molecule has 0 N–H and O–H groups in total. The minimum absolute atomic E-state index is 0.277. The molecule has 0 saturated carbocycles. The third kappa shape index (κ3) is 4.42. The summed E-state index contributed by atoms with van der Waals surface area (Å²) in [6.45, 7) is 4.16. The van der Waals surface area contributed by atoms with Crippen LogP contribution in [0.25, 0.3) is 5.69 Å². The molecule has 0 aliphatic carbocycles. The molecule has 0 aliphatic rings. The van der Waals surface area contributed by atoms with Crippen molar-refractivity contribution >= 4 is 44.6 Å². The largest absolute Gasteiger partial charge is 0.254 e. The van der Waals surface area contributed by atoms with Crippen LogP contribution in [0.5, 0.6) is 0 Å². The monoisotopic (exact) mass is 543 g/mol. The average molecular weight is 544 g/mol. The molecule has 1 heterocycles. The van der Waals surface area contributed by atoms with E-state index in [1.165, 1.54) is 12.1 Å². The van der Waals surface area contributed by atoms with Crippen molar-refractivity contribution in [3.63, 3.8) is 0 Å². The highest BCUT2D eigenvalue weighted by Crippen LogP contribution is 2.51. The Morgan fingerprint density at radius 1 is 0.743 bits per heavy atom. The lowest BCUT2D eigenvalue weighted by Gasteiger charge is -2.27. The van der Waals surface area contributed by atoms with Crippen LogP contribution in [0.2, 0.25) is 0 Å². The van der Waals surface area contributed by atoms with Crippen LogP contribution >= 0.6 is 23.0 Å². The lowest BCUT2D eigenvalue weighted by Crippen LogP contribution is -2.28. The van der Waals surface area contributed by atoms with Crippen LogP contribution in [0.4, 0.5) is 10.1 Å². The van der Waals surface area contributed by atoms with Gasteiger partial charge in [-0.3, -0.25) is 4.74 Å². The normalized spacial score (nSPS) is 12.8. The van der Waals surface area contributed by atoms with Gasteiger partial charge in [-0.05, 0) is 62.4 Å². The highest BCUT2D eigenvalue weighted by Gasteiger charge is 2.33. The Bertz CT molecular complexity index is 1510. The number of rotatable bonds is 5. The Hall–Kier alpha value is -3.27. The van der Waals surface area contributed by atoms with Gasteiger partial charge < -0.3 is 0 Å². The SMILES string of the molecule is Cc1nn(-c2ccccc2)c(C)c1[P@](=Nc1ccc(F)cc1)(c1ccccc1)c1ccc(Br)cc1. The molecule has 0 amide bonds. The molecule has 0 bridgehead atoms. The van der Waals surface area contributed by atoms with Gasteiger partial charge in [0.15, 0.2) is 0 Å². The number of benzene rings is 4. The first-order valence-electron chi connectivity index (χ1n) is 11.3. The van der Waals surface area contributed by atoms with E-state index in [-0.39, 0.29) is 5.82 Å². The fourth-order valence-corrected chi connectivity index (χ4v) is 8.63. The molecule has 5 aromatic rings. The number of hydrogen-bond donors (Lipinski definition) is 0. The summed E-state index contributed by atoms with van der Waals surface area (Å²) in [5.74, 6) is -0.277. The van der Waals surface area contributed by atoms with Crippen molar-refractivity contribution in [1.82, 2.24) is 9.78 Å². The van der Waals surface area contributed by atoms with Gasteiger partial charge in [-0.25, -0.2) is 9.07 Å². The second-order valence-electron chi connectivity index (χ2n) is 8.29. The lowest BCUT2D eigenvalue weighted by atomic mass is 10.3.